The normalized spacial score (nSPS) is 11.0. The third-order valence-electron chi connectivity index (χ3n) is 3.35. The largest absolute Gasteiger partial charge is 0.482 e. The van der Waals surface area contributed by atoms with E-state index in [-0.39, 0.29) is 17.8 Å². The molecule has 0 spiro atoms. The zero-order chi connectivity index (χ0) is 16.1. The van der Waals surface area contributed by atoms with Gasteiger partial charge in [-0.15, -0.1) is 0 Å². The van der Waals surface area contributed by atoms with Crippen LogP contribution in [0.25, 0.3) is 23.1 Å². The number of para-hydroxylation sites is 1. The van der Waals surface area contributed by atoms with Gasteiger partial charge in [-0.2, -0.15) is 0 Å². The lowest BCUT2D eigenvalue weighted by atomic mass is 10.1. The van der Waals surface area contributed by atoms with Crippen LogP contribution in [0.3, 0.4) is 0 Å². The summed E-state index contributed by atoms with van der Waals surface area (Å²) in [7, 11) is 0. The average Bonchev–Trinajstić information content (AvgIpc) is 2.60. The van der Waals surface area contributed by atoms with Gasteiger partial charge in [-0.1, -0.05) is 61.2 Å². The standard InChI is InChI=1S/C20H16O3/c1-2-14-22-20-18(13-12-15-8-4-3-5-9-15)23-17-11-7-6-10-16(17)19(20)21/h2-13H,1,14H2. The van der Waals surface area contributed by atoms with Crippen molar-refractivity contribution >= 4 is 23.1 Å². The van der Waals surface area contributed by atoms with Crippen LogP contribution in [0.1, 0.15) is 11.3 Å². The Kier molecular flexibility index (Phi) is 4.39. The lowest BCUT2D eigenvalue weighted by Crippen LogP contribution is -2.10. The average molecular weight is 304 g/mol. The second-order valence-electron chi connectivity index (χ2n) is 4.96. The summed E-state index contributed by atoms with van der Waals surface area (Å²) in [5.41, 5.74) is 1.37. The summed E-state index contributed by atoms with van der Waals surface area (Å²) < 4.78 is 11.4. The van der Waals surface area contributed by atoms with Crippen LogP contribution in [-0.4, -0.2) is 6.61 Å². The molecule has 23 heavy (non-hydrogen) atoms. The third kappa shape index (κ3) is 3.24. The van der Waals surface area contributed by atoms with Gasteiger partial charge < -0.3 is 9.15 Å². The summed E-state index contributed by atoms with van der Waals surface area (Å²) in [5, 5.41) is 0.503. The molecule has 0 aliphatic carbocycles. The van der Waals surface area contributed by atoms with E-state index in [9.17, 15) is 4.79 Å². The summed E-state index contributed by atoms with van der Waals surface area (Å²) >= 11 is 0. The van der Waals surface area contributed by atoms with E-state index in [1.807, 2.05) is 42.5 Å². The van der Waals surface area contributed by atoms with Crippen LogP contribution in [0.4, 0.5) is 0 Å². The van der Waals surface area contributed by atoms with Crippen LogP contribution in [0.15, 0.2) is 76.5 Å². The molecule has 0 bridgehead atoms. The highest BCUT2D eigenvalue weighted by Crippen LogP contribution is 2.23. The minimum Gasteiger partial charge on any atom is -0.482 e. The molecule has 0 saturated heterocycles. The molecule has 0 atom stereocenters. The van der Waals surface area contributed by atoms with Gasteiger partial charge in [0.25, 0.3) is 0 Å². The molecule has 2 aromatic carbocycles. The Morgan fingerprint density at radius 1 is 1.00 bits per heavy atom. The van der Waals surface area contributed by atoms with Crippen LogP contribution < -0.4 is 10.2 Å². The fourth-order valence-corrected chi connectivity index (χ4v) is 2.27. The number of ether oxygens (including phenoxy) is 1. The Morgan fingerprint density at radius 2 is 1.74 bits per heavy atom. The fraction of sp³-hybridized carbons (Fsp3) is 0.0500. The molecule has 3 heteroatoms. The molecule has 0 amide bonds. The van der Waals surface area contributed by atoms with E-state index >= 15 is 0 Å². The molecular weight excluding hydrogens is 288 g/mol. The van der Waals surface area contributed by atoms with Gasteiger partial charge in [0.2, 0.25) is 11.2 Å². The molecular formula is C20H16O3. The molecule has 0 saturated carbocycles. The first kappa shape index (κ1) is 14.9. The van der Waals surface area contributed by atoms with Crippen LogP contribution in [-0.2, 0) is 0 Å². The van der Waals surface area contributed by atoms with E-state index in [4.69, 9.17) is 9.15 Å². The number of rotatable bonds is 5. The van der Waals surface area contributed by atoms with Crippen molar-refractivity contribution in [2.24, 2.45) is 0 Å². The molecule has 114 valence electrons. The van der Waals surface area contributed by atoms with Crippen LogP contribution in [0, 0.1) is 0 Å². The Labute approximate surface area is 134 Å². The van der Waals surface area contributed by atoms with Crippen LogP contribution in [0.5, 0.6) is 5.75 Å². The highest BCUT2D eigenvalue weighted by Gasteiger charge is 2.13. The van der Waals surface area contributed by atoms with E-state index in [0.29, 0.717) is 16.7 Å². The molecule has 0 unspecified atom stereocenters. The van der Waals surface area contributed by atoms with E-state index in [1.54, 1.807) is 30.4 Å². The van der Waals surface area contributed by atoms with Gasteiger partial charge in [0.05, 0.1) is 5.39 Å². The quantitative estimate of drug-likeness (QED) is 0.650. The molecule has 0 radical (unpaired) electrons. The van der Waals surface area contributed by atoms with Gasteiger partial charge in [0, 0.05) is 0 Å². The monoisotopic (exact) mass is 304 g/mol. The molecule has 3 rings (SSSR count). The molecule has 3 aromatic rings. The van der Waals surface area contributed by atoms with Crippen molar-refractivity contribution in [3.8, 4) is 5.75 Å². The van der Waals surface area contributed by atoms with E-state index in [2.05, 4.69) is 6.58 Å². The zero-order valence-corrected chi connectivity index (χ0v) is 12.6. The Balaban J connectivity index is 2.11. The van der Waals surface area contributed by atoms with E-state index in [1.165, 1.54) is 0 Å². The van der Waals surface area contributed by atoms with Crippen LogP contribution >= 0.6 is 0 Å². The van der Waals surface area contributed by atoms with Crippen molar-refractivity contribution in [3.63, 3.8) is 0 Å². The topological polar surface area (TPSA) is 39.4 Å². The van der Waals surface area contributed by atoms with Crippen LogP contribution in [0.2, 0.25) is 0 Å². The van der Waals surface area contributed by atoms with Gasteiger partial charge in [-0.25, -0.2) is 0 Å². The molecule has 1 heterocycles. The number of hydrogen-bond donors (Lipinski definition) is 0. The second-order valence-corrected chi connectivity index (χ2v) is 4.96. The molecule has 0 fully saturated rings. The first-order valence-corrected chi connectivity index (χ1v) is 7.32. The molecule has 0 N–H and O–H groups in total. The SMILES string of the molecule is C=CCOc1c(C=Cc2ccccc2)oc2ccccc2c1=O. The van der Waals surface area contributed by atoms with Gasteiger partial charge in [-0.3, -0.25) is 4.79 Å². The number of benzene rings is 2. The summed E-state index contributed by atoms with van der Waals surface area (Å²) in [4.78, 5) is 12.6. The molecule has 0 aliphatic rings. The summed E-state index contributed by atoms with van der Waals surface area (Å²) in [6, 6.07) is 16.9. The Bertz CT molecular complexity index is 905. The predicted octanol–water partition coefficient (Wildman–Crippen LogP) is 4.53. The maximum atomic E-state index is 12.6. The summed E-state index contributed by atoms with van der Waals surface area (Å²) in [5.74, 6) is 0.607. The lowest BCUT2D eigenvalue weighted by Gasteiger charge is -2.07. The second kappa shape index (κ2) is 6.79. The third-order valence-corrected chi connectivity index (χ3v) is 3.35. The van der Waals surface area contributed by atoms with Gasteiger partial charge in [-0.05, 0) is 23.8 Å². The minimum absolute atomic E-state index is 0.179. The first-order valence-electron chi connectivity index (χ1n) is 7.32. The number of fused-ring (bicyclic) bond motifs is 1. The lowest BCUT2D eigenvalue weighted by molar-refractivity contribution is 0.346. The fourth-order valence-electron chi connectivity index (χ4n) is 2.27. The highest BCUT2D eigenvalue weighted by molar-refractivity contribution is 5.81. The van der Waals surface area contributed by atoms with Crippen molar-refractivity contribution in [1.82, 2.24) is 0 Å². The first-order chi connectivity index (χ1) is 11.3. The van der Waals surface area contributed by atoms with Crippen molar-refractivity contribution in [1.29, 1.82) is 0 Å². The van der Waals surface area contributed by atoms with Gasteiger partial charge in [0.15, 0.2) is 5.76 Å². The van der Waals surface area contributed by atoms with Gasteiger partial charge >= 0.3 is 0 Å². The van der Waals surface area contributed by atoms with E-state index in [0.717, 1.165) is 5.56 Å². The van der Waals surface area contributed by atoms with E-state index < -0.39 is 0 Å². The Morgan fingerprint density at radius 3 is 2.52 bits per heavy atom. The summed E-state index contributed by atoms with van der Waals surface area (Å²) in [6.07, 6.45) is 5.23. The van der Waals surface area contributed by atoms with Crippen molar-refractivity contribution in [2.45, 2.75) is 0 Å². The summed E-state index contributed by atoms with van der Waals surface area (Å²) in [6.45, 7) is 3.86. The minimum atomic E-state index is -0.179. The van der Waals surface area contributed by atoms with Crippen molar-refractivity contribution < 1.29 is 9.15 Å². The van der Waals surface area contributed by atoms with Crippen molar-refractivity contribution in [3.05, 3.63) is 88.8 Å². The smallest absolute Gasteiger partial charge is 0.235 e. The molecule has 3 nitrogen and oxygen atoms in total. The van der Waals surface area contributed by atoms with Crippen molar-refractivity contribution in [2.75, 3.05) is 6.61 Å². The Hall–Kier alpha value is -3.07. The zero-order valence-electron chi connectivity index (χ0n) is 12.6. The maximum Gasteiger partial charge on any atom is 0.235 e. The highest BCUT2D eigenvalue weighted by atomic mass is 16.5. The predicted molar refractivity (Wildman–Crippen MR) is 93.5 cm³/mol. The number of hydrogen-bond acceptors (Lipinski definition) is 3. The molecule has 0 aliphatic heterocycles. The van der Waals surface area contributed by atoms with Gasteiger partial charge in [0.1, 0.15) is 12.2 Å². The maximum absolute atomic E-state index is 12.6. The molecule has 1 aromatic heterocycles.